The van der Waals surface area contributed by atoms with Gasteiger partial charge in [-0.25, -0.2) is 0 Å². The van der Waals surface area contributed by atoms with Gasteiger partial charge in [-0.1, -0.05) is 47.0 Å². The van der Waals surface area contributed by atoms with E-state index in [0.717, 1.165) is 30.0 Å². The van der Waals surface area contributed by atoms with Gasteiger partial charge < -0.3 is 19.6 Å². The number of benzene rings is 3. The van der Waals surface area contributed by atoms with Crippen LogP contribution in [0.3, 0.4) is 0 Å². The molecule has 3 aromatic carbocycles. The zero-order valence-corrected chi connectivity index (χ0v) is 17.6. The Kier molecular flexibility index (Phi) is 5.29. The van der Waals surface area contributed by atoms with Crippen molar-refractivity contribution in [2.45, 2.75) is 20.0 Å². The topological polar surface area (TPSA) is 35.9 Å². The molecule has 0 unspecified atom stereocenters. The van der Waals surface area contributed by atoms with E-state index in [1.54, 1.807) is 7.11 Å². The molecule has 3 aromatic rings. The fourth-order valence-corrected chi connectivity index (χ4v) is 4.12. The second-order valence-corrected chi connectivity index (χ2v) is 7.89. The molecular formula is C24H25ClN2O2. The summed E-state index contributed by atoms with van der Waals surface area (Å²) in [6.07, 6.45) is -0.0626. The minimum Gasteiger partial charge on any atom is -0.503 e. The van der Waals surface area contributed by atoms with E-state index in [1.165, 1.54) is 11.1 Å². The predicted molar refractivity (Wildman–Crippen MR) is 119 cm³/mol. The first-order valence-corrected chi connectivity index (χ1v) is 10.1. The third-order valence-electron chi connectivity index (χ3n) is 5.47. The van der Waals surface area contributed by atoms with Gasteiger partial charge in [-0.2, -0.15) is 0 Å². The summed E-state index contributed by atoms with van der Waals surface area (Å²) in [6.45, 7) is 5.94. The second kappa shape index (κ2) is 7.88. The number of methoxy groups -OCH3 is 1. The number of aryl methyl sites for hydroxylation is 2. The zero-order chi connectivity index (χ0) is 20.5. The average Bonchev–Trinajstić information content (AvgIpc) is 3.16. The van der Waals surface area contributed by atoms with E-state index < -0.39 is 0 Å². The lowest BCUT2D eigenvalue weighted by atomic mass is 10.1. The fraction of sp³-hybridized carbons (Fsp3) is 0.250. The highest BCUT2D eigenvalue weighted by Crippen LogP contribution is 2.43. The Morgan fingerprint density at radius 2 is 1.34 bits per heavy atom. The quantitative estimate of drug-likeness (QED) is 0.601. The number of aromatic hydroxyl groups is 1. The van der Waals surface area contributed by atoms with Crippen LogP contribution in [0.5, 0.6) is 11.5 Å². The Labute approximate surface area is 176 Å². The number of phenols is 1. The molecule has 0 spiro atoms. The second-order valence-electron chi connectivity index (χ2n) is 7.49. The molecule has 4 rings (SSSR count). The van der Waals surface area contributed by atoms with Gasteiger partial charge in [0.1, 0.15) is 6.17 Å². The van der Waals surface area contributed by atoms with Crippen LogP contribution in [0.15, 0.2) is 60.7 Å². The maximum absolute atomic E-state index is 10.2. The van der Waals surface area contributed by atoms with E-state index in [9.17, 15) is 5.11 Å². The summed E-state index contributed by atoms with van der Waals surface area (Å²) in [6, 6.07) is 20.8. The van der Waals surface area contributed by atoms with Crippen molar-refractivity contribution in [2.24, 2.45) is 0 Å². The highest BCUT2D eigenvalue weighted by atomic mass is 35.5. The molecule has 1 fully saturated rings. The molecule has 1 saturated heterocycles. The lowest BCUT2D eigenvalue weighted by Gasteiger charge is -2.33. The van der Waals surface area contributed by atoms with Crippen molar-refractivity contribution in [1.29, 1.82) is 0 Å². The van der Waals surface area contributed by atoms with Gasteiger partial charge in [0.05, 0.1) is 12.1 Å². The number of hydrogen-bond donors (Lipinski definition) is 1. The molecule has 1 aliphatic heterocycles. The number of nitrogens with zero attached hydrogens (tertiary/aromatic N) is 2. The number of ether oxygens (including phenoxy) is 1. The Hall–Kier alpha value is -2.85. The molecule has 0 saturated carbocycles. The SMILES string of the molecule is COc1cc(C2N(c3ccc(C)cc3)CCN2c2ccc(C)cc2)cc(Cl)c1O. The average molecular weight is 409 g/mol. The highest BCUT2D eigenvalue weighted by Gasteiger charge is 2.34. The number of rotatable bonds is 4. The maximum atomic E-state index is 10.2. The largest absolute Gasteiger partial charge is 0.503 e. The highest BCUT2D eigenvalue weighted by molar-refractivity contribution is 6.32. The van der Waals surface area contributed by atoms with E-state index in [4.69, 9.17) is 16.3 Å². The molecular weight excluding hydrogens is 384 g/mol. The molecule has 0 aromatic heterocycles. The number of phenolic OH excluding ortho intramolecular Hbond substituents is 1. The molecule has 1 N–H and O–H groups in total. The van der Waals surface area contributed by atoms with Gasteiger partial charge in [-0.05, 0) is 50.2 Å². The molecule has 0 radical (unpaired) electrons. The van der Waals surface area contributed by atoms with Crippen molar-refractivity contribution >= 4 is 23.0 Å². The summed E-state index contributed by atoms with van der Waals surface area (Å²) in [4.78, 5) is 4.73. The van der Waals surface area contributed by atoms with E-state index >= 15 is 0 Å². The van der Waals surface area contributed by atoms with Crippen LogP contribution in [0.4, 0.5) is 11.4 Å². The standard InChI is InChI=1S/C24H25ClN2O2/c1-16-4-8-19(9-5-16)26-12-13-27(20-10-6-17(2)7-11-20)24(26)18-14-21(25)23(28)22(15-18)29-3/h4-11,14-15,24,28H,12-13H2,1-3H3. The summed E-state index contributed by atoms with van der Waals surface area (Å²) in [5.41, 5.74) is 5.74. The normalized spacial score (nSPS) is 14.5. The molecule has 29 heavy (non-hydrogen) atoms. The molecule has 4 nitrogen and oxygen atoms in total. The molecule has 5 heteroatoms. The van der Waals surface area contributed by atoms with Gasteiger partial charge in [-0.15, -0.1) is 0 Å². The van der Waals surface area contributed by atoms with Crippen LogP contribution in [-0.2, 0) is 0 Å². The van der Waals surface area contributed by atoms with Crippen molar-refractivity contribution in [3.8, 4) is 11.5 Å². The molecule has 0 atom stereocenters. The van der Waals surface area contributed by atoms with Crippen LogP contribution in [0.25, 0.3) is 0 Å². The Bertz CT molecular complexity index is 949. The summed E-state index contributed by atoms with van der Waals surface area (Å²) in [5.74, 6) is 0.354. The fourth-order valence-electron chi connectivity index (χ4n) is 3.90. The minimum absolute atomic E-state index is 0.0281. The number of hydrogen-bond acceptors (Lipinski definition) is 4. The van der Waals surface area contributed by atoms with Gasteiger partial charge in [0.15, 0.2) is 11.5 Å². The van der Waals surface area contributed by atoms with Gasteiger partial charge in [-0.3, -0.25) is 0 Å². The lowest BCUT2D eigenvalue weighted by Crippen LogP contribution is -2.31. The third-order valence-corrected chi connectivity index (χ3v) is 5.76. The van der Waals surface area contributed by atoms with Gasteiger partial charge in [0, 0.05) is 30.0 Å². The van der Waals surface area contributed by atoms with Crippen LogP contribution in [0, 0.1) is 13.8 Å². The first kappa shape index (κ1) is 19.5. The van der Waals surface area contributed by atoms with E-state index in [2.05, 4.69) is 72.2 Å². The van der Waals surface area contributed by atoms with Gasteiger partial charge in [0.2, 0.25) is 0 Å². The van der Waals surface area contributed by atoms with Crippen LogP contribution in [0.1, 0.15) is 22.9 Å². The van der Waals surface area contributed by atoms with Crippen LogP contribution in [-0.4, -0.2) is 25.3 Å². The van der Waals surface area contributed by atoms with Crippen LogP contribution < -0.4 is 14.5 Å². The summed E-state index contributed by atoms with van der Waals surface area (Å²) in [5, 5.41) is 10.5. The van der Waals surface area contributed by atoms with Gasteiger partial charge in [0.25, 0.3) is 0 Å². The molecule has 1 aliphatic rings. The van der Waals surface area contributed by atoms with Crippen molar-refractivity contribution in [2.75, 3.05) is 30.0 Å². The van der Waals surface area contributed by atoms with Crippen LogP contribution in [0.2, 0.25) is 5.02 Å². The lowest BCUT2D eigenvalue weighted by molar-refractivity contribution is 0.372. The third kappa shape index (κ3) is 3.73. The van der Waals surface area contributed by atoms with E-state index in [1.807, 2.05) is 12.1 Å². The van der Waals surface area contributed by atoms with Gasteiger partial charge >= 0.3 is 0 Å². The first-order chi connectivity index (χ1) is 14.0. The van der Waals surface area contributed by atoms with Crippen molar-refractivity contribution in [3.63, 3.8) is 0 Å². The summed E-state index contributed by atoms with van der Waals surface area (Å²) >= 11 is 6.34. The zero-order valence-electron chi connectivity index (χ0n) is 16.9. The molecule has 1 heterocycles. The number of anilines is 2. The molecule has 0 amide bonds. The Balaban J connectivity index is 1.82. The van der Waals surface area contributed by atoms with Crippen LogP contribution >= 0.6 is 11.6 Å². The molecule has 0 aliphatic carbocycles. The summed E-state index contributed by atoms with van der Waals surface area (Å²) in [7, 11) is 1.54. The summed E-state index contributed by atoms with van der Waals surface area (Å²) < 4.78 is 5.37. The minimum atomic E-state index is -0.0626. The van der Waals surface area contributed by atoms with E-state index in [0.29, 0.717) is 10.8 Å². The smallest absolute Gasteiger partial charge is 0.176 e. The van der Waals surface area contributed by atoms with E-state index in [-0.39, 0.29) is 11.9 Å². The molecule has 0 bridgehead atoms. The predicted octanol–water partition coefficient (Wildman–Crippen LogP) is 5.70. The maximum Gasteiger partial charge on any atom is 0.176 e. The monoisotopic (exact) mass is 408 g/mol. The molecule has 150 valence electrons. The van der Waals surface area contributed by atoms with Crippen molar-refractivity contribution < 1.29 is 9.84 Å². The Morgan fingerprint density at radius 3 is 1.79 bits per heavy atom. The number of halogens is 1. The Morgan fingerprint density at radius 1 is 0.862 bits per heavy atom. The van der Waals surface area contributed by atoms with Crippen molar-refractivity contribution in [1.82, 2.24) is 0 Å². The first-order valence-electron chi connectivity index (χ1n) is 9.71. The van der Waals surface area contributed by atoms with Crippen molar-refractivity contribution in [3.05, 3.63) is 82.4 Å².